The zero-order valence-electron chi connectivity index (χ0n) is 11.8. The van der Waals surface area contributed by atoms with Gasteiger partial charge in [0, 0.05) is 12.1 Å². The van der Waals surface area contributed by atoms with Gasteiger partial charge in [0.25, 0.3) is 0 Å². The van der Waals surface area contributed by atoms with Crippen molar-refractivity contribution >= 4 is 10.0 Å². The highest BCUT2D eigenvalue weighted by atomic mass is 32.2. The van der Waals surface area contributed by atoms with Gasteiger partial charge in [-0.05, 0) is 30.7 Å². The zero-order valence-corrected chi connectivity index (χ0v) is 12.6. The average molecular weight is 309 g/mol. The van der Waals surface area contributed by atoms with Crippen LogP contribution in [0.2, 0.25) is 0 Å². The van der Waals surface area contributed by atoms with Gasteiger partial charge in [-0.25, -0.2) is 17.5 Å². The van der Waals surface area contributed by atoms with E-state index in [9.17, 15) is 12.8 Å². The van der Waals surface area contributed by atoms with Crippen molar-refractivity contribution in [1.82, 2.24) is 4.72 Å². The fourth-order valence-electron chi connectivity index (χ4n) is 1.85. The Morgan fingerprint density at radius 2 is 1.90 bits per heavy atom. The van der Waals surface area contributed by atoms with Crippen LogP contribution in [0, 0.1) is 12.7 Å². The van der Waals surface area contributed by atoms with Gasteiger partial charge in [0.2, 0.25) is 10.0 Å². The first-order valence-corrected chi connectivity index (χ1v) is 7.80. The van der Waals surface area contributed by atoms with Crippen LogP contribution in [0.25, 0.3) is 0 Å². The van der Waals surface area contributed by atoms with E-state index in [1.807, 2.05) is 0 Å². The summed E-state index contributed by atoms with van der Waals surface area (Å²) in [6, 6.07) is 10.9. The first-order valence-electron chi connectivity index (χ1n) is 6.32. The molecule has 0 aliphatic rings. The molecular formula is C15H16FNO3S. The molecule has 2 aromatic rings. The van der Waals surface area contributed by atoms with E-state index in [0.29, 0.717) is 16.9 Å². The quantitative estimate of drug-likeness (QED) is 0.923. The standard InChI is InChI=1S/C15H16FNO3S/c1-11-7-8-13(9-14(11)16)21(18,19)17-10-12-5-3-4-6-15(12)20-2/h3-9,17H,10H2,1-2H3. The van der Waals surface area contributed by atoms with E-state index >= 15 is 0 Å². The molecule has 0 atom stereocenters. The van der Waals surface area contributed by atoms with Crippen LogP contribution in [0.5, 0.6) is 5.75 Å². The number of aryl methyl sites for hydroxylation is 1. The van der Waals surface area contributed by atoms with E-state index < -0.39 is 15.8 Å². The molecule has 4 nitrogen and oxygen atoms in total. The van der Waals surface area contributed by atoms with Crippen LogP contribution >= 0.6 is 0 Å². The largest absolute Gasteiger partial charge is 0.496 e. The third kappa shape index (κ3) is 3.59. The predicted octanol–water partition coefficient (Wildman–Crippen LogP) is 2.62. The van der Waals surface area contributed by atoms with Gasteiger partial charge in [-0.2, -0.15) is 0 Å². The summed E-state index contributed by atoms with van der Waals surface area (Å²) in [7, 11) is -2.25. The normalized spacial score (nSPS) is 11.4. The molecule has 0 fully saturated rings. The third-order valence-corrected chi connectivity index (χ3v) is 4.50. The minimum absolute atomic E-state index is 0.0713. The van der Waals surface area contributed by atoms with Crippen molar-refractivity contribution in [2.75, 3.05) is 7.11 Å². The average Bonchev–Trinajstić information content (AvgIpc) is 2.48. The van der Waals surface area contributed by atoms with E-state index in [0.717, 1.165) is 6.07 Å². The molecular weight excluding hydrogens is 293 g/mol. The van der Waals surface area contributed by atoms with Crippen LogP contribution in [0.1, 0.15) is 11.1 Å². The lowest BCUT2D eigenvalue weighted by molar-refractivity contribution is 0.409. The van der Waals surface area contributed by atoms with Gasteiger partial charge < -0.3 is 4.74 Å². The molecule has 21 heavy (non-hydrogen) atoms. The van der Waals surface area contributed by atoms with E-state index in [2.05, 4.69) is 4.72 Å². The maximum atomic E-state index is 13.5. The van der Waals surface area contributed by atoms with Gasteiger partial charge in [-0.1, -0.05) is 24.3 Å². The second-order valence-electron chi connectivity index (χ2n) is 4.55. The Bertz CT molecular complexity index is 744. The minimum atomic E-state index is -3.77. The van der Waals surface area contributed by atoms with Gasteiger partial charge in [0.1, 0.15) is 11.6 Å². The number of methoxy groups -OCH3 is 1. The smallest absolute Gasteiger partial charge is 0.240 e. The number of sulfonamides is 1. The number of hydrogen-bond donors (Lipinski definition) is 1. The lowest BCUT2D eigenvalue weighted by Gasteiger charge is -2.10. The summed E-state index contributed by atoms with van der Waals surface area (Å²) in [5.74, 6) is 0.0467. The Morgan fingerprint density at radius 3 is 2.57 bits per heavy atom. The summed E-state index contributed by atoms with van der Waals surface area (Å²) in [5, 5.41) is 0. The molecule has 1 N–H and O–H groups in total. The number of rotatable bonds is 5. The highest BCUT2D eigenvalue weighted by molar-refractivity contribution is 7.89. The zero-order chi connectivity index (χ0) is 15.5. The fourth-order valence-corrected chi connectivity index (χ4v) is 2.86. The van der Waals surface area contributed by atoms with Crippen LogP contribution in [0.4, 0.5) is 4.39 Å². The molecule has 0 spiro atoms. The van der Waals surface area contributed by atoms with Crippen molar-refractivity contribution in [1.29, 1.82) is 0 Å². The van der Waals surface area contributed by atoms with E-state index in [-0.39, 0.29) is 11.4 Å². The summed E-state index contributed by atoms with van der Waals surface area (Å²) >= 11 is 0. The highest BCUT2D eigenvalue weighted by Crippen LogP contribution is 2.19. The second-order valence-corrected chi connectivity index (χ2v) is 6.31. The van der Waals surface area contributed by atoms with Gasteiger partial charge >= 0.3 is 0 Å². The molecule has 2 rings (SSSR count). The number of nitrogens with one attached hydrogen (secondary N) is 1. The lowest BCUT2D eigenvalue weighted by Crippen LogP contribution is -2.23. The van der Waals surface area contributed by atoms with Crippen molar-refractivity contribution in [2.24, 2.45) is 0 Å². The van der Waals surface area contributed by atoms with Crippen LogP contribution in [0.3, 0.4) is 0 Å². The predicted molar refractivity (Wildman–Crippen MR) is 78.2 cm³/mol. The summed E-state index contributed by atoms with van der Waals surface area (Å²) < 4.78 is 45.4. The molecule has 0 saturated heterocycles. The molecule has 0 saturated carbocycles. The molecule has 0 radical (unpaired) electrons. The molecule has 0 aromatic heterocycles. The van der Waals surface area contributed by atoms with Crippen molar-refractivity contribution in [3.05, 3.63) is 59.4 Å². The summed E-state index contributed by atoms with van der Waals surface area (Å²) in [4.78, 5) is -0.0968. The number of halogens is 1. The monoisotopic (exact) mass is 309 g/mol. The Hall–Kier alpha value is -1.92. The summed E-state index contributed by atoms with van der Waals surface area (Å²) in [6.07, 6.45) is 0. The van der Waals surface area contributed by atoms with Crippen molar-refractivity contribution in [2.45, 2.75) is 18.4 Å². The first kappa shape index (κ1) is 15.5. The minimum Gasteiger partial charge on any atom is -0.496 e. The van der Waals surface area contributed by atoms with E-state index in [4.69, 9.17) is 4.74 Å². The number of hydrogen-bond acceptors (Lipinski definition) is 3. The van der Waals surface area contributed by atoms with Crippen molar-refractivity contribution < 1.29 is 17.5 Å². The van der Waals surface area contributed by atoms with Crippen LogP contribution < -0.4 is 9.46 Å². The highest BCUT2D eigenvalue weighted by Gasteiger charge is 2.16. The van der Waals surface area contributed by atoms with Gasteiger partial charge in [-0.3, -0.25) is 0 Å². The number of benzene rings is 2. The SMILES string of the molecule is COc1ccccc1CNS(=O)(=O)c1ccc(C)c(F)c1. The maximum absolute atomic E-state index is 13.5. The number of ether oxygens (including phenoxy) is 1. The van der Waals surface area contributed by atoms with Gasteiger partial charge in [0.05, 0.1) is 12.0 Å². The van der Waals surface area contributed by atoms with E-state index in [1.54, 1.807) is 31.2 Å². The lowest BCUT2D eigenvalue weighted by atomic mass is 10.2. The first-order chi connectivity index (χ1) is 9.94. The summed E-state index contributed by atoms with van der Waals surface area (Å²) in [5.41, 5.74) is 1.11. The second kappa shape index (κ2) is 6.24. The third-order valence-electron chi connectivity index (χ3n) is 3.10. The number of para-hydroxylation sites is 1. The maximum Gasteiger partial charge on any atom is 0.240 e. The van der Waals surface area contributed by atoms with Crippen molar-refractivity contribution in [3.63, 3.8) is 0 Å². The Kier molecular flexibility index (Phi) is 4.59. The molecule has 0 amide bonds. The Labute approximate surface area is 123 Å². The van der Waals surface area contributed by atoms with E-state index in [1.165, 1.54) is 19.2 Å². The molecule has 0 bridgehead atoms. The molecule has 6 heteroatoms. The molecule has 0 unspecified atom stereocenters. The molecule has 0 aliphatic carbocycles. The van der Waals surface area contributed by atoms with Gasteiger partial charge in [-0.15, -0.1) is 0 Å². The Morgan fingerprint density at radius 1 is 1.19 bits per heavy atom. The molecule has 2 aromatic carbocycles. The van der Waals surface area contributed by atoms with Crippen molar-refractivity contribution in [3.8, 4) is 5.75 Å². The fraction of sp³-hybridized carbons (Fsp3) is 0.200. The molecule has 0 heterocycles. The van der Waals surface area contributed by atoms with Gasteiger partial charge in [0.15, 0.2) is 0 Å². The topological polar surface area (TPSA) is 55.4 Å². The Balaban J connectivity index is 2.20. The van der Waals surface area contributed by atoms with Crippen LogP contribution in [-0.2, 0) is 16.6 Å². The summed E-state index contributed by atoms with van der Waals surface area (Å²) in [6.45, 7) is 1.65. The molecule has 0 aliphatic heterocycles. The van der Waals surface area contributed by atoms with Crippen LogP contribution in [0.15, 0.2) is 47.4 Å². The molecule has 112 valence electrons. The van der Waals surface area contributed by atoms with Crippen LogP contribution in [-0.4, -0.2) is 15.5 Å².